The van der Waals surface area contributed by atoms with E-state index < -0.39 is 0 Å². The first-order valence-corrected chi connectivity index (χ1v) is 13.6. The highest BCUT2D eigenvalue weighted by Gasteiger charge is 2.17. The average Bonchev–Trinajstić information content (AvgIpc) is 3.73. The number of aromatic amines is 1. The molecule has 2 aliphatic rings. The molecule has 0 atom stereocenters. The van der Waals surface area contributed by atoms with E-state index in [0.717, 1.165) is 53.5 Å². The number of hydrogen-bond acceptors (Lipinski definition) is 4. The maximum atomic E-state index is 9.09. The topological polar surface area (TPSA) is 81.8 Å². The predicted octanol–water partition coefficient (Wildman–Crippen LogP) is 6.80. The molecule has 3 aromatic rings. The lowest BCUT2D eigenvalue weighted by atomic mass is 9.97. The summed E-state index contributed by atoms with van der Waals surface area (Å²) in [4.78, 5) is 10.5. The quantitative estimate of drug-likeness (QED) is 0.210. The Kier molecular flexibility index (Phi) is 7.85. The highest BCUT2D eigenvalue weighted by Crippen LogP contribution is 2.31. The van der Waals surface area contributed by atoms with Gasteiger partial charge in [-0.1, -0.05) is 43.0 Å². The van der Waals surface area contributed by atoms with E-state index in [1.54, 1.807) is 0 Å². The summed E-state index contributed by atoms with van der Waals surface area (Å²) < 4.78 is 0. The largest absolute Gasteiger partial charge is 0.398 e. The molecule has 0 saturated carbocycles. The van der Waals surface area contributed by atoms with Crippen molar-refractivity contribution in [3.63, 3.8) is 0 Å². The van der Waals surface area contributed by atoms with Crippen molar-refractivity contribution in [1.29, 1.82) is 5.41 Å². The minimum atomic E-state index is 0.342. The highest BCUT2D eigenvalue weighted by molar-refractivity contribution is 6.15. The first-order valence-electron chi connectivity index (χ1n) is 13.6. The van der Waals surface area contributed by atoms with Crippen LogP contribution in [0, 0.1) is 5.41 Å². The number of hydrogen-bond donors (Lipinski definition) is 3. The maximum absolute atomic E-state index is 9.09. The van der Waals surface area contributed by atoms with Crippen molar-refractivity contribution in [1.82, 2.24) is 14.9 Å². The Morgan fingerprint density at radius 2 is 2.05 bits per heavy atom. The van der Waals surface area contributed by atoms with Gasteiger partial charge in [-0.15, -0.1) is 0 Å². The van der Waals surface area contributed by atoms with Gasteiger partial charge < -0.3 is 15.6 Å². The van der Waals surface area contributed by atoms with Crippen LogP contribution >= 0.6 is 0 Å². The molecule has 4 N–H and O–H groups in total. The van der Waals surface area contributed by atoms with Gasteiger partial charge in [0.2, 0.25) is 0 Å². The summed E-state index contributed by atoms with van der Waals surface area (Å²) in [5.41, 5.74) is 15.0. The molecular formula is C33H37N5. The Balaban J connectivity index is 1.38. The van der Waals surface area contributed by atoms with Gasteiger partial charge in [-0.25, -0.2) is 0 Å². The molecule has 0 radical (unpaired) electrons. The number of pyridine rings is 1. The standard InChI is InChI=1S/C33H37N5/c1-3-30(34)29(18-23(2)26-19-24(21-36-22-26)10-9-17-38-15-6-7-16-38)33(35)32-20-28-27(25-11-4-5-12-25)13-8-14-31(28)37-32/h3-4,8,11-14,18-22,35,37H,2,5-7,9-10,15-17,34H2,1H3/b29-18+,30-3+,35-33?. The molecule has 1 aliphatic carbocycles. The number of nitrogens with one attached hydrogen (secondary N) is 2. The van der Waals surface area contributed by atoms with Crippen LogP contribution in [0.25, 0.3) is 22.0 Å². The van der Waals surface area contributed by atoms with Crippen LogP contribution in [0.5, 0.6) is 0 Å². The molecule has 0 amide bonds. The zero-order chi connectivity index (χ0) is 26.5. The summed E-state index contributed by atoms with van der Waals surface area (Å²) in [5, 5.41) is 10.2. The molecular weight excluding hydrogens is 466 g/mol. The van der Waals surface area contributed by atoms with Crippen LogP contribution < -0.4 is 5.73 Å². The van der Waals surface area contributed by atoms with Gasteiger partial charge in [0.25, 0.3) is 0 Å². The monoisotopic (exact) mass is 503 g/mol. The second kappa shape index (κ2) is 11.6. The van der Waals surface area contributed by atoms with Crippen LogP contribution in [0.1, 0.15) is 55.0 Å². The van der Waals surface area contributed by atoms with Gasteiger partial charge >= 0.3 is 0 Å². The zero-order valence-corrected chi connectivity index (χ0v) is 22.3. The van der Waals surface area contributed by atoms with E-state index >= 15 is 0 Å². The second-order valence-electron chi connectivity index (χ2n) is 10.2. The van der Waals surface area contributed by atoms with Crippen molar-refractivity contribution in [2.75, 3.05) is 19.6 Å². The summed E-state index contributed by atoms with van der Waals surface area (Å²) >= 11 is 0. The summed E-state index contributed by atoms with van der Waals surface area (Å²) in [6, 6.07) is 10.5. The molecule has 1 saturated heterocycles. The Morgan fingerprint density at radius 1 is 1.21 bits per heavy atom. The van der Waals surface area contributed by atoms with Crippen molar-refractivity contribution in [3.8, 4) is 0 Å². The second-order valence-corrected chi connectivity index (χ2v) is 10.2. The Bertz CT molecular complexity index is 1470. The van der Waals surface area contributed by atoms with Crippen LogP contribution in [0.3, 0.4) is 0 Å². The summed E-state index contributed by atoms with van der Waals surface area (Å²) in [6.07, 6.45) is 19.8. The van der Waals surface area contributed by atoms with Gasteiger partial charge in [0.15, 0.2) is 0 Å². The molecule has 0 spiro atoms. The van der Waals surface area contributed by atoms with Gasteiger partial charge in [-0.2, -0.15) is 0 Å². The first-order chi connectivity index (χ1) is 18.5. The van der Waals surface area contributed by atoms with Crippen LogP contribution in [-0.2, 0) is 6.42 Å². The Labute approximate surface area is 225 Å². The van der Waals surface area contributed by atoms with E-state index in [1.165, 1.54) is 42.6 Å². The van der Waals surface area contributed by atoms with Gasteiger partial charge in [0.1, 0.15) is 0 Å². The molecule has 1 fully saturated rings. The highest BCUT2D eigenvalue weighted by atomic mass is 15.1. The van der Waals surface area contributed by atoms with Crippen molar-refractivity contribution >= 4 is 27.8 Å². The number of benzene rings is 1. The first kappa shape index (κ1) is 25.7. The lowest BCUT2D eigenvalue weighted by molar-refractivity contribution is 0.334. The van der Waals surface area contributed by atoms with E-state index in [0.29, 0.717) is 17.0 Å². The zero-order valence-electron chi connectivity index (χ0n) is 22.3. The molecule has 5 rings (SSSR count). The fraction of sp³-hybridized carbons (Fsp3) is 0.273. The summed E-state index contributed by atoms with van der Waals surface area (Å²) in [6.45, 7) is 9.82. The fourth-order valence-electron chi connectivity index (χ4n) is 5.37. The number of rotatable bonds is 10. The Hall–Kier alpha value is -3.96. The van der Waals surface area contributed by atoms with Gasteiger partial charge in [0.05, 0.1) is 11.4 Å². The Morgan fingerprint density at radius 3 is 2.82 bits per heavy atom. The number of H-pyrrole nitrogens is 1. The van der Waals surface area contributed by atoms with E-state index in [4.69, 9.17) is 11.1 Å². The fourth-order valence-corrected chi connectivity index (χ4v) is 5.37. The number of aromatic nitrogens is 2. The SMILES string of the molecule is C=C(/C=C(C(=N)c1cc2c(C3=CCC=C3)cccc2[nH]1)\C(N)=C/C)c1cncc(CCCN2CCCC2)c1. The predicted molar refractivity (Wildman–Crippen MR) is 160 cm³/mol. The molecule has 38 heavy (non-hydrogen) atoms. The van der Waals surface area contributed by atoms with Gasteiger partial charge in [-0.05, 0) is 111 Å². The average molecular weight is 504 g/mol. The minimum absolute atomic E-state index is 0.342. The van der Waals surface area contributed by atoms with Crippen LogP contribution in [0.4, 0.5) is 0 Å². The number of likely N-dealkylation sites (tertiary alicyclic amines) is 1. The van der Waals surface area contributed by atoms with Crippen LogP contribution in [0.2, 0.25) is 0 Å². The molecule has 1 aromatic carbocycles. The third-order valence-electron chi connectivity index (χ3n) is 7.53. The van der Waals surface area contributed by atoms with Crippen LogP contribution in [-0.4, -0.2) is 40.2 Å². The smallest absolute Gasteiger partial charge is 0.0868 e. The number of allylic oxidation sites excluding steroid dienone is 8. The maximum Gasteiger partial charge on any atom is 0.0868 e. The summed E-state index contributed by atoms with van der Waals surface area (Å²) in [5.74, 6) is 0. The van der Waals surface area contributed by atoms with Crippen molar-refractivity contribution < 1.29 is 0 Å². The third-order valence-corrected chi connectivity index (χ3v) is 7.53. The molecule has 2 aromatic heterocycles. The van der Waals surface area contributed by atoms with E-state index in [2.05, 4.69) is 70.0 Å². The van der Waals surface area contributed by atoms with Crippen molar-refractivity contribution in [3.05, 3.63) is 113 Å². The molecule has 3 heterocycles. The van der Waals surface area contributed by atoms with E-state index in [1.807, 2.05) is 31.5 Å². The van der Waals surface area contributed by atoms with Crippen molar-refractivity contribution in [2.24, 2.45) is 5.73 Å². The lowest BCUT2D eigenvalue weighted by Crippen LogP contribution is -2.20. The van der Waals surface area contributed by atoms with Gasteiger partial charge in [0, 0.05) is 34.6 Å². The molecule has 0 bridgehead atoms. The molecule has 194 valence electrons. The number of nitrogens with two attached hydrogens (primary N) is 1. The van der Waals surface area contributed by atoms with E-state index in [9.17, 15) is 0 Å². The summed E-state index contributed by atoms with van der Waals surface area (Å²) in [7, 11) is 0. The van der Waals surface area contributed by atoms with Crippen molar-refractivity contribution in [2.45, 2.75) is 39.0 Å². The normalized spacial score (nSPS) is 16.4. The number of nitrogens with zero attached hydrogens (tertiary/aromatic N) is 2. The third kappa shape index (κ3) is 5.63. The lowest BCUT2D eigenvalue weighted by Gasteiger charge is -2.14. The molecule has 5 nitrogen and oxygen atoms in total. The van der Waals surface area contributed by atoms with Gasteiger partial charge in [-0.3, -0.25) is 10.4 Å². The number of aryl methyl sites for hydroxylation is 1. The minimum Gasteiger partial charge on any atom is -0.398 e. The van der Waals surface area contributed by atoms with E-state index in [-0.39, 0.29) is 0 Å². The molecule has 0 unspecified atom stereocenters. The molecule has 5 heteroatoms. The molecule has 1 aliphatic heterocycles. The number of fused-ring (bicyclic) bond motifs is 1. The van der Waals surface area contributed by atoms with Crippen LogP contribution in [0.15, 0.2) is 91.0 Å².